The second kappa shape index (κ2) is 10.1. The second-order valence-corrected chi connectivity index (χ2v) is 8.03. The van der Waals surface area contributed by atoms with Crippen molar-refractivity contribution in [3.63, 3.8) is 0 Å². The molecule has 1 aromatic rings. The maximum Gasteiger partial charge on any atom is 0.407 e. The van der Waals surface area contributed by atoms with Gasteiger partial charge in [-0.25, -0.2) is 4.79 Å². The Balaban J connectivity index is 1.83. The summed E-state index contributed by atoms with van der Waals surface area (Å²) in [6.45, 7) is 10.1. The number of carbonyl (C=O) groups excluding carboxylic acids is 2. The van der Waals surface area contributed by atoms with Crippen molar-refractivity contribution >= 4 is 18.0 Å². The zero-order chi connectivity index (χ0) is 21.4. The van der Waals surface area contributed by atoms with Crippen molar-refractivity contribution in [2.75, 3.05) is 26.7 Å². The Hall–Kier alpha value is -2.77. The number of guanidine groups is 1. The number of rotatable bonds is 5. The third-order valence-electron chi connectivity index (χ3n) is 4.42. The number of aliphatic imine (C=N–C) groups is 1. The van der Waals surface area contributed by atoms with Crippen LogP contribution in [0.4, 0.5) is 4.79 Å². The fourth-order valence-electron chi connectivity index (χ4n) is 3.09. The van der Waals surface area contributed by atoms with E-state index in [0.717, 1.165) is 24.5 Å². The Labute approximate surface area is 173 Å². The number of ether oxygens (including phenoxy) is 1. The molecule has 0 saturated carbocycles. The fraction of sp³-hybridized carbons (Fsp3) is 0.571. The molecule has 0 radical (unpaired) electrons. The molecule has 1 atom stereocenters. The average molecular weight is 404 g/mol. The molecule has 0 spiro atoms. The van der Waals surface area contributed by atoms with Gasteiger partial charge in [-0.1, -0.05) is 12.1 Å². The fourth-order valence-corrected chi connectivity index (χ4v) is 3.09. The Bertz CT molecular complexity index is 725. The number of alkyl carbamates (subject to hydrolysis) is 1. The van der Waals surface area contributed by atoms with Gasteiger partial charge in [-0.3, -0.25) is 9.79 Å². The molecule has 1 saturated heterocycles. The van der Waals surface area contributed by atoms with Gasteiger partial charge in [0, 0.05) is 38.8 Å². The van der Waals surface area contributed by atoms with Crippen molar-refractivity contribution in [2.45, 2.75) is 52.3 Å². The lowest BCUT2D eigenvalue weighted by Crippen LogP contribution is -2.44. The predicted molar refractivity (Wildman–Crippen MR) is 114 cm³/mol. The molecule has 0 aliphatic carbocycles. The molecule has 8 heteroatoms. The third kappa shape index (κ3) is 7.29. The zero-order valence-electron chi connectivity index (χ0n) is 18.0. The van der Waals surface area contributed by atoms with Crippen molar-refractivity contribution in [2.24, 2.45) is 4.99 Å². The lowest BCUT2D eigenvalue weighted by Gasteiger charge is -2.23. The highest BCUT2D eigenvalue weighted by atomic mass is 16.6. The van der Waals surface area contributed by atoms with E-state index in [1.54, 1.807) is 7.05 Å². The quantitative estimate of drug-likeness (QED) is 0.517. The highest BCUT2D eigenvalue weighted by molar-refractivity contribution is 5.94. The topological polar surface area (TPSA) is 95.1 Å². The van der Waals surface area contributed by atoms with Gasteiger partial charge in [0.15, 0.2) is 5.96 Å². The summed E-state index contributed by atoms with van der Waals surface area (Å²) in [5.41, 5.74) is 1.20. The number of likely N-dealkylation sites (tertiary alicyclic amines) is 1. The van der Waals surface area contributed by atoms with Crippen LogP contribution >= 0.6 is 0 Å². The van der Waals surface area contributed by atoms with Crippen LogP contribution in [0.25, 0.3) is 0 Å². The molecule has 1 aliphatic heterocycles. The smallest absolute Gasteiger partial charge is 0.407 e. The Morgan fingerprint density at radius 2 is 1.90 bits per heavy atom. The number of hydrogen-bond donors (Lipinski definition) is 3. The second-order valence-electron chi connectivity index (χ2n) is 8.03. The van der Waals surface area contributed by atoms with Gasteiger partial charge in [0.05, 0.1) is 6.04 Å². The summed E-state index contributed by atoms with van der Waals surface area (Å²) in [4.78, 5) is 30.3. The summed E-state index contributed by atoms with van der Waals surface area (Å²) < 4.78 is 5.33. The lowest BCUT2D eigenvalue weighted by atomic mass is 10.1. The molecule has 1 aromatic carbocycles. The van der Waals surface area contributed by atoms with Crippen molar-refractivity contribution in [3.05, 3.63) is 35.4 Å². The summed E-state index contributed by atoms with van der Waals surface area (Å²) in [5.74, 6) is 0.717. The maximum atomic E-state index is 12.0. The first-order valence-corrected chi connectivity index (χ1v) is 10.0. The highest BCUT2D eigenvalue weighted by Gasteiger charge is 2.27. The van der Waals surface area contributed by atoms with Gasteiger partial charge in [-0.15, -0.1) is 0 Å². The minimum Gasteiger partial charge on any atom is -0.444 e. The van der Waals surface area contributed by atoms with Gasteiger partial charge >= 0.3 is 6.09 Å². The molecule has 8 nitrogen and oxygen atoms in total. The standard InChI is InChI=1S/C21H33N5O3/c1-6-23-18(27)16-9-7-15(8-10-16)13-24-19(22-5)26-12-11-17(14-26)25-20(28)29-21(2,3)4/h7-10,17H,6,11-14H2,1-5H3,(H,22,24)(H,23,27)(H,25,28). The highest BCUT2D eigenvalue weighted by Crippen LogP contribution is 2.12. The first-order chi connectivity index (χ1) is 13.7. The normalized spacial score (nSPS) is 17.1. The van der Waals surface area contributed by atoms with E-state index in [-0.39, 0.29) is 18.0 Å². The number of nitrogens with one attached hydrogen (secondary N) is 3. The molecule has 0 aromatic heterocycles. The zero-order valence-corrected chi connectivity index (χ0v) is 18.0. The number of amides is 2. The van der Waals surface area contributed by atoms with E-state index in [9.17, 15) is 9.59 Å². The number of carbonyl (C=O) groups is 2. The van der Waals surface area contributed by atoms with E-state index in [0.29, 0.717) is 25.2 Å². The van der Waals surface area contributed by atoms with E-state index in [1.807, 2.05) is 52.0 Å². The summed E-state index contributed by atoms with van der Waals surface area (Å²) in [5, 5.41) is 9.06. The van der Waals surface area contributed by atoms with Crippen LogP contribution in [0.1, 0.15) is 50.0 Å². The summed E-state index contributed by atoms with van der Waals surface area (Å²) >= 11 is 0. The third-order valence-corrected chi connectivity index (χ3v) is 4.42. The SMILES string of the molecule is CCNC(=O)c1ccc(CNC(=NC)N2CCC(NC(=O)OC(C)(C)C)C2)cc1. The van der Waals surface area contributed by atoms with E-state index in [2.05, 4.69) is 25.8 Å². The first-order valence-electron chi connectivity index (χ1n) is 10.0. The van der Waals surface area contributed by atoms with Gasteiger partial charge in [0.2, 0.25) is 0 Å². The molecule has 0 bridgehead atoms. The number of hydrogen-bond acceptors (Lipinski definition) is 4. The van der Waals surface area contributed by atoms with E-state index in [1.165, 1.54) is 0 Å². The maximum absolute atomic E-state index is 12.0. The molecule has 160 valence electrons. The van der Waals surface area contributed by atoms with Crippen molar-refractivity contribution in [1.29, 1.82) is 0 Å². The van der Waals surface area contributed by atoms with Gasteiger partial charge in [-0.05, 0) is 51.8 Å². The molecular weight excluding hydrogens is 370 g/mol. The summed E-state index contributed by atoms with van der Waals surface area (Å²) in [7, 11) is 1.75. The van der Waals surface area contributed by atoms with Crippen LogP contribution in [0.2, 0.25) is 0 Å². The van der Waals surface area contributed by atoms with E-state index < -0.39 is 5.60 Å². The van der Waals surface area contributed by atoms with Gasteiger partial charge in [0.1, 0.15) is 5.60 Å². The minimum atomic E-state index is -0.507. The summed E-state index contributed by atoms with van der Waals surface area (Å²) in [6, 6.07) is 7.53. The van der Waals surface area contributed by atoms with Crippen LogP contribution in [-0.4, -0.2) is 61.2 Å². The van der Waals surface area contributed by atoms with Crippen LogP contribution < -0.4 is 16.0 Å². The molecule has 1 aliphatic rings. The van der Waals surface area contributed by atoms with Crippen LogP contribution in [-0.2, 0) is 11.3 Å². The van der Waals surface area contributed by atoms with E-state index in [4.69, 9.17) is 4.74 Å². The molecule has 1 unspecified atom stereocenters. The largest absolute Gasteiger partial charge is 0.444 e. The van der Waals surface area contributed by atoms with Gasteiger partial charge < -0.3 is 25.6 Å². The van der Waals surface area contributed by atoms with Crippen LogP contribution in [0, 0.1) is 0 Å². The molecule has 1 fully saturated rings. The lowest BCUT2D eigenvalue weighted by molar-refractivity contribution is 0.0507. The molecule has 3 N–H and O–H groups in total. The Morgan fingerprint density at radius 1 is 1.21 bits per heavy atom. The Kier molecular flexibility index (Phi) is 7.87. The summed E-state index contributed by atoms with van der Waals surface area (Å²) in [6.07, 6.45) is 0.445. The Morgan fingerprint density at radius 3 is 2.48 bits per heavy atom. The van der Waals surface area contributed by atoms with E-state index >= 15 is 0 Å². The molecule has 29 heavy (non-hydrogen) atoms. The van der Waals surface area contributed by atoms with Gasteiger partial charge in [0.25, 0.3) is 5.91 Å². The average Bonchev–Trinajstić information content (AvgIpc) is 3.09. The minimum absolute atomic E-state index is 0.0276. The van der Waals surface area contributed by atoms with Crippen LogP contribution in [0.5, 0.6) is 0 Å². The number of benzene rings is 1. The molecule has 2 amide bonds. The number of nitrogens with zero attached hydrogens (tertiary/aromatic N) is 2. The van der Waals surface area contributed by atoms with Crippen LogP contribution in [0.15, 0.2) is 29.3 Å². The molecule has 1 heterocycles. The van der Waals surface area contributed by atoms with Crippen molar-refractivity contribution < 1.29 is 14.3 Å². The first kappa shape index (κ1) is 22.5. The van der Waals surface area contributed by atoms with Crippen molar-refractivity contribution in [3.8, 4) is 0 Å². The molecule has 2 rings (SSSR count). The monoisotopic (exact) mass is 403 g/mol. The van der Waals surface area contributed by atoms with Crippen LogP contribution in [0.3, 0.4) is 0 Å². The van der Waals surface area contributed by atoms with Crippen molar-refractivity contribution in [1.82, 2.24) is 20.9 Å². The predicted octanol–water partition coefficient (Wildman–Crippen LogP) is 2.11. The molecular formula is C21H33N5O3. The van der Waals surface area contributed by atoms with Gasteiger partial charge in [-0.2, -0.15) is 0 Å².